The van der Waals surface area contributed by atoms with Crippen LogP contribution < -0.4 is 4.74 Å². The number of carbonyl (C=O) groups excluding carboxylic acids is 1. The Morgan fingerprint density at radius 2 is 2.29 bits per heavy atom. The molecule has 0 fully saturated rings. The molecule has 0 unspecified atom stereocenters. The Bertz CT molecular complexity index is 419. The van der Waals surface area contributed by atoms with Gasteiger partial charge >= 0.3 is 0 Å². The van der Waals surface area contributed by atoms with Crippen molar-refractivity contribution in [3.63, 3.8) is 0 Å². The van der Waals surface area contributed by atoms with Crippen molar-refractivity contribution in [3.8, 4) is 5.75 Å². The molecule has 0 saturated heterocycles. The van der Waals surface area contributed by atoms with E-state index in [4.69, 9.17) is 9.84 Å². The first-order valence-electron chi connectivity index (χ1n) is 4.31. The van der Waals surface area contributed by atoms with Crippen molar-refractivity contribution in [2.45, 2.75) is 6.42 Å². The quantitative estimate of drug-likeness (QED) is 0.543. The molecule has 0 radical (unpaired) electrons. The van der Waals surface area contributed by atoms with Gasteiger partial charge in [-0.15, -0.1) is 0 Å². The number of ketones is 1. The van der Waals surface area contributed by atoms with E-state index in [-0.39, 0.29) is 5.78 Å². The zero-order valence-electron chi connectivity index (χ0n) is 7.78. The minimum atomic E-state index is -0.110. The molecule has 1 aliphatic carbocycles. The number of methoxy groups -OCH3 is 1. The molecule has 2 rings (SSSR count). The van der Waals surface area contributed by atoms with Crippen LogP contribution in [0.25, 0.3) is 0 Å². The number of Topliss-reactive ketones (excluding diaryl/α,β-unsaturated/α-hetero) is 1. The summed E-state index contributed by atoms with van der Waals surface area (Å²) in [6.07, 6.45) is 1.39. The molecule has 1 aromatic carbocycles. The monoisotopic (exact) mass is 190 g/mol. The summed E-state index contributed by atoms with van der Waals surface area (Å²) in [5.74, 6) is 0.553. The van der Waals surface area contributed by atoms with Crippen LogP contribution in [0.3, 0.4) is 0 Å². The smallest absolute Gasteiger partial charge is 0.192 e. The molecule has 0 saturated carbocycles. The second kappa shape index (κ2) is 3.18. The Morgan fingerprint density at radius 3 is 2.93 bits per heavy atom. The van der Waals surface area contributed by atoms with Crippen molar-refractivity contribution in [1.82, 2.24) is 0 Å². The van der Waals surface area contributed by atoms with E-state index in [0.717, 1.165) is 11.8 Å². The van der Waals surface area contributed by atoms with E-state index in [1.165, 1.54) is 0 Å². The van der Waals surface area contributed by atoms with Gasteiger partial charge in [0.1, 0.15) is 5.75 Å². The van der Waals surface area contributed by atoms with E-state index >= 15 is 0 Å². The van der Waals surface area contributed by atoms with Crippen LogP contribution in [-0.2, 0) is 6.42 Å². The summed E-state index contributed by atoms with van der Waals surface area (Å²) in [6.45, 7) is 0. The van der Waals surface area contributed by atoms with E-state index in [2.05, 4.69) is 0 Å². The van der Waals surface area contributed by atoms with Crippen LogP contribution in [0.5, 0.6) is 5.75 Å². The number of carbonyl (C=O) groups is 1. The van der Waals surface area contributed by atoms with Crippen molar-refractivity contribution in [3.05, 3.63) is 41.2 Å². The maximum absolute atomic E-state index is 11.6. The third kappa shape index (κ3) is 1.18. The lowest BCUT2D eigenvalue weighted by molar-refractivity contribution is 0.103. The summed E-state index contributed by atoms with van der Waals surface area (Å²) in [6, 6.07) is 5.36. The van der Waals surface area contributed by atoms with Gasteiger partial charge < -0.3 is 9.84 Å². The predicted octanol–water partition coefficient (Wildman–Crippen LogP) is 1.88. The Morgan fingerprint density at radius 1 is 1.50 bits per heavy atom. The topological polar surface area (TPSA) is 46.5 Å². The van der Waals surface area contributed by atoms with Crippen molar-refractivity contribution < 1.29 is 14.6 Å². The van der Waals surface area contributed by atoms with Gasteiger partial charge in [-0.05, 0) is 17.7 Å². The molecule has 14 heavy (non-hydrogen) atoms. The number of hydrogen-bond donors (Lipinski definition) is 1. The Kier molecular flexibility index (Phi) is 2.00. The molecule has 0 bridgehead atoms. The largest absolute Gasteiger partial charge is 0.515 e. The Hall–Kier alpha value is -1.77. The lowest BCUT2D eigenvalue weighted by Crippen LogP contribution is -1.95. The number of hydrogen-bond acceptors (Lipinski definition) is 3. The number of rotatable bonds is 1. The van der Waals surface area contributed by atoms with E-state index in [9.17, 15) is 4.79 Å². The van der Waals surface area contributed by atoms with Crippen LogP contribution in [0.4, 0.5) is 0 Å². The Labute approximate surface area is 81.6 Å². The van der Waals surface area contributed by atoms with Gasteiger partial charge in [-0.1, -0.05) is 6.07 Å². The molecule has 3 nitrogen and oxygen atoms in total. The molecule has 72 valence electrons. The van der Waals surface area contributed by atoms with Crippen LogP contribution in [0.1, 0.15) is 15.9 Å². The number of ether oxygens (including phenoxy) is 1. The first-order chi connectivity index (χ1) is 6.76. The number of benzene rings is 1. The average molecular weight is 190 g/mol. The van der Waals surface area contributed by atoms with Crippen molar-refractivity contribution in [2.75, 3.05) is 7.11 Å². The average Bonchev–Trinajstić information content (AvgIpc) is 2.55. The molecular formula is C11H10O3. The zero-order valence-corrected chi connectivity index (χ0v) is 7.78. The highest BCUT2D eigenvalue weighted by Crippen LogP contribution is 2.28. The summed E-state index contributed by atoms with van der Waals surface area (Å²) < 4.78 is 5.02. The fourth-order valence-electron chi connectivity index (χ4n) is 1.61. The highest BCUT2D eigenvalue weighted by Gasteiger charge is 2.25. The minimum Gasteiger partial charge on any atom is -0.515 e. The fraction of sp³-hybridized carbons (Fsp3) is 0.182. The van der Waals surface area contributed by atoms with Crippen LogP contribution in [-0.4, -0.2) is 18.0 Å². The van der Waals surface area contributed by atoms with E-state index in [1.54, 1.807) is 13.2 Å². The van der Waals surface area contributed by atoms with Gasteiger partial charge in [0.2, 0.25) is 0 Å². The van der Waals surface area contributed by atoms with Gasteiger partial charge in [0, 0.05) is 17.6 Å². The number of allylic oxidation sites excluding steroid dienone is 1. The SMILES string of the molecule is COc1ccc2c(c1)C(=O)/C(=C\O)C2. The standard InChI is InChI=1S/C11H10O3/c1-14-9-3-2-7-4-8(6-12)11(13)10(7)5-9/h2-3,5-6,12H,4H2,1H3/b8-6-. The highest BCUT2D eigenvalue weighted by atomic mass is 16.5. The third-order valence-electron chi connectivity index (χ3n) is 2.39. The second-order valence-corrected chi connectivity index (χ2v) is 3.18. The summed E-state index contributed by atoms with van der Waals surface area (Å²) in [5, 5.41) is 8.82. The summed E-state index contributed by atoms with van der Waals surface area (Å²) >= 11 is 0. The van der Waals surface area contributed by atoms with E-state index in [0.29, 0.717) is 23.3 Å². The third-order valence-corrected chi connectivity index (χ3v) is 2.39. The highest BCUT2D eigenvalue weighted by molar-refractivity contribution is 6.13. The lowest BCUT2D eigenvalue weighted by atomic mass is 10.1. The lowest BCUT2D eigenvalue weighted by Gasteiger charge is -2.01. The normalized spacial score (nSPS) is 17.2. The van der Waals surface area contributed by atoms with Crippen LogP contribution in [0.15, 0.2) is 30.0 Å². The first kappa shape index (κ1) is 8.81. The van der Waals surface area contributed by atoms with E-state index < -0.39 is 0 Å². The van der Waals surface area contributed by atoms with Crippen molar-refractivity contribution in [2.24, 2.45) is 0 Å². The maximum atomic E-state index is 11.6. The van der Waals surface area contributed by atoms with Crippen LogP contribution in [0.2, 0.25) is 0 Å². The van der Waals surface area contributed by atoms with Gasteiger partial charge in [0.25, 0.3) is 0 Å². The van der Waals surface area contributed by atoms with Gasteiger partial charge in [0.15, 0.2) is 5.78 Å². The van der Waals surface area contributed by atoms with Crippen molar-refractivity contribution >= 4 is 5.78 Å². The predicted molar refractivity (Wildman–Crippen MR) is 51.7 cm³/mol. The zero-order chi connectivity index (χ0) is 10.1. The van der Waals surface area contributed by atoms with E-state index in [1.807, 2.05) is 12.1 Å². The molecule has 0 heterocycles. The van der Waals surface area contributed by atoms with Gasteiger partial charge in [-0.2, -0.15) is 0 Å². The number of fused-ring (bicyclic) bond motifs is 1. The molecule has 0 spiro atoms. The first-order valence-corrected chi connectivity index (χ1v) is 4.31. The molecule has 0 aromatic heterocycles. The fourth-order valence-corrected chi connectivity index (χ4v) is 1.61. The minimum absolute atomic E-state index is 0.110. The molecule has 1 aromatic rings. The van der Waals surface area contributed by atoms with Crippen molar-refractivity contribution in [1.29, 1.82) is 0 Å². The van der Waals surface area contributed by atoms with Crippen LogP contribution >= 0.6 is 0 Å². The molecule has 1 N–H and O–H groups in total. The Balaban J connectivity index is 2.50. The summed E-state index contributed by atoms with van der Waals surface area (Å²) in [5.41, 5.74) is 2.01. The summed E-state index contributed by atoms with van der Waals surface area (Å²) in [4.78, 5) is 11.6. The second-order valence-electron chi connectivity index (χ2n) is 3.18. The molecular weight excluding hydrogens is 180 g/mol. The molecule has 3 heteroatoms. The van der Waals surface area contributed by atoms with Gasteiger partial charge in [0.05, 0.1) is 13.4 Å². The molecule has 0 atom stereocenters. The summed E-state index contributed by atoms with van der Waals surface area (Å²) in [7, 11) is 1.56. The molecule has 1 aliphatic rings. The maximum Gasteiger partial charge on any atom is 0.192 e. The van der Waals surface area contributed by atoms with Gasteiger partial charge in [-0.25, -0.2) is 0 Å². The molecule has 0 amide bonds. The number of aliphatic hydroxyl groups excluding tert-OH is 1. The number of aliphatic hydroxyl groups is 1. The molecule has 0 aliphatic heterocycles. The van der Waals surface area contributed by atoms with Crippen LogP contribution in [0, 0.1) is 0 Å². The van der Waals surface area contributed by atoms with Gasteiger partial charge in [-0.3, -0.25) is 4.79 Å².